The summed E-state index contributed by atoms with van der Waals surface area (Å²) in [6.45, 7) is 3.11. The van der Waals surface area contributed by atoms with Gasteiger partial charge in [-0.2, -0.15) is 0 Å². The number of hydrogen-bond donors (Lipinski definition) is 5. The van der Waals surface area contributed by atoms with Crippen LogP contribution >= 0.6 is 0 Å². The van der Waals surface area contributed by atoms with Crippen molar-refractivity contribution in [3.05, 3.63) is 63.1 Å². The van der Waals surface area contributed by atoms with Gasteiger partial charge in [0.05, 0.1) is 19.3 Å². The molecule has 0 bridgehead atoms. The number of nitrogens with one attached hydrogen (secondary N) is 2. The minimum Gasteiger partial charge on any atom is -0.491 e. The van der Waals surface area contributed by atoms with E-state index < -0.39 is 29.3 Å². The van der Waals surface area contributed by atoms with Crippen LogP contribution in [0.2, 0.25) is 0 Å². The number of amides is 1. The molecule has 9 nitrogen and oxygen atoms in total. The molecule has 1 aliphatic heterocycles. The van der Waals surface area contributed by atoms with Gasteiger partial charge >= 0.3 is 0 Å². The quantitative estimate of drug-likeness (QED) is 0.387. The van der Waals surface area contributed by atoms with Crippen LogP contribution in [0.3, 0.4) is 0 Å². The number of rotatable bonds is 6. The van der Waals surface area contributed by atoms with E-state index in [4.69, 9.17) is 20.7 Å². The Morgan fingerprint density at radius 2 is 2.12 bits per heavy atom. The topological polar surface area (TPSA) is 139 Å². The molecule has 2 heterocycles. The number of hydrogen-bond acceptors (Lipinski definition) is 7. The van der Waals surface area contributed by atoms with Gasteiger partial charge in [0.25, 0.3) is 5.91 Å². The molecule has 1 unspecified atom stereocenters. The van der Waals surface area contributed by atoms with Crippen LogP contribution in [-0.2, 0) is 13.1 Å². The van der Waals surface area contributed by atoms with Crippen molar-refractivity contribution >= 4 is 5.91 Å². The molecular formula is C21H28F2N4O5. The molecule has 6 N–H and O–H groups in total. The molecule has 176 valence electrons. The lowest BCUT2D eigenvalue weighted by atomic mass is 10.1. The van der Waals surface area contributed by atoms with E-state index in [0.29, 0.717) is 17.8 Å². The summed E-state index contributed by atoms with van der Waals surface area (Å²) in [5, 5.41) is 23.8. The predicted molar refractivity (Wildman–Crippen MR) is 113 cm³/mol. The first-order chi connectivity index (χ1) is 15.1. The van der Waals surface area contributed by atoms with Crippen molar-refractivity contribution in [2.45, 2.75) is 38.8 Å². The SMILES string of the molecule is COc1c(C)n(CC(O)O)cc(C(=O)NCc2ccc(F)cc2F)c1=O.NC1CCNC1. The highest BCUT2D eigenvalue weighted by Gasteiger charge is 2.19. The summed E-state index contributed by atoms with van der Waals surface area (Å²) in [5.41, 5.74) is 4.83. The maximum atomic E-state index is 13.6. The molecule has 1 fully saturated rings. The van der Waals surface area contributed by atoms with Crippen molar-refractivity contribution in [3.8, 4) is 5.75 Å². The summed E-state index contributed by atoms with van der Waals surface area (Å²) in [5.74, 6) is -2.50. The summed E-state index contributed by atoms with van der Waals surface area (Å²) in [6, 6.07) is 3.35. The number of aliphatic hydroxyl groups excluding tert-OH is 1. The number of carbonyl (C=O) groups is 1. The molecule has 1 aliphatic rings. The van der Waals surface area contributed by atoms with Crippen molar-refractivity contribution in [1.82, 2.24) is 15.2 Å². The Morgan fingerprint density at radius 1 is 1.41 bits per heavy atom. The van der Waals surface area contributed by atoms with Crippen LogP contribution < -0.4 is 26.5 Å². The maximum Gasteiger partial charge on any atom is 0.257 e. The molecule has 0 saturated carbocycles. The zero-order valence-electron chi connectivity index (χ0n) is 17.9. The molecule has 32 heavy (non-hydrogen) atoms. The van der Waals surface area contributed by atoms with Gasteiger partial charge in [0.2, 0.25) is 5.43 Å². The van der Waals surface area contributed by atoms with E-state index >= 15 is 0 Å². The smallest absolute Gasteiger partial charge is 0.257 e. The van der Waals surface area contributed by atoms with Crippen molar-refractivity contribution in [3.63, 3.8) is 0 Å². The lowest BCUT2D eigenvalue weighted by Gasteiger charge is -2.16. The molecule has 1 saturated heterocycles. The van der Waals surface area contributed by atoms with E-state index in [1.165, 1.54) is 24.7 Å². The highest BCUT2D eigenvalue weighted by molar-refractivity contribution is 5.94. The van der Waals surface area contributed by atoms with E-state index in [-0.39, 0.29) is 30.0 Å². The molecule has 0 aliphatic carbocycles. The number of pyridine rings is 1. The predicted octanol–water partition coefficient (Wildman–Crippen LogP) is -0.00878. The van der Waals surface area contributed by atoms with E-state index in [9.17, 15) is 18.4 Å². The summed E-state index contributed by atoms with van der Waals surface area (Å²) in [6.07, 6.45) is 0.612. The number of aromatic nitrogens is 1. The van der Waals surface area contributed by atoms with Gasteiger partial charge in [-0.15, -0.1) is 0 Å². The molecule has 3 rings (SSSR count). The Bertz CT molecular complexity index is 991. The number of halogens is 2. The number of ether oxygens (including phenoxy) is 1. The first-order valence-electron chi connectivity index (χ1n) is 9.96. The standard InChI is InChI=1S/C17H18F2N2O5.C4H10N2/c1-9-16(26-2)15(24)12(7-21(9)8-14(22)23)17(25)20-6-10-3-4-11(18)5-13(10)19;5-4-1-2-6-3-4/h3-5,7,14,22-23H,6,8H2,1-2H3,(H,20,25);4,6H,1-3,5H2. The van der Waals surface area contributed by atoms with E-state index in [1.54, 1.807) is 0 Å². The van der Waals surface area contributed by atoms with Crippen LogP contribution in [0.5, 0.6) is 5.75 Å². The van der Waals surface area contributed by atoms with Gasteiger partial charge in [-0.1, -0.05) is 6.07 Å². The maximum absolute atomic E-state index is 13.6. The van der Waals surface area contributed by atoms with Crippen molar-refractivity contribution in [2.24, 2.45) is 5.73 Å². The Hall–Kier alpha value is -2.86. The molecular weight excluding hydrogens is 426 g/mol. The Morgan fingerprint density at radius 3 is 2.62 bits per heavy atom. The number of carbonyl (C=O) groups excluding carboxylic acids is 1. The molecule has 1 atom stereocenters. The van der Waals surface area contributed by atoms with Crippen molar-refractivity contribution in [1.29, 1.82) is 0 Å². The molecule has 11 heteroatoms. The van der Waals surface area contributed by atoms with Gasteiger partial charge in [-0.3, -0.25) is 9.59 Å². The summed E-state index contributed by atoms with van der Waals surface area (Å²) < 4.78 is 32.8. The Labute approximate surface area is 183 Å². The third kappa shape index (κ3) is 6.82. The van der Waals surface area contributed by atoms with Crippen molar-refractivity contribution < 1.29 is 28.5 Å². The highest BCUT2D eigenvalue weighted by Crippen LogP contribution is 2.15. The third-order valence-electron chi connectivity index (χ3n) is 4.86. The van der Waals surface area contributed by atoms with Crippen LogP contribution in [0.25, 0.3) is 0 Å². The van der Waals surface area contributed by atoms with E-state index in [2.05, 4.69) is 10.6 Å². The molecule has 2 aromatic rings. The molecule has 0 radical (unpaired) electrons. The Kier molecular flexibility index (Phi) is 9.27. The molecule has 0 spiro atoms. The summed E-state index contributed by atoms with van der Waals surface area (Å²) in [4.78, 5) is 24.7. The first-order valence-corrected chi connectivity index (χ1v) is 9.96. The van der Waals surface area contributed by atoms with Crippen LogP contribution in [0.15, 0.2) is 29.2 Å². The van der Waals surface area contributed by atoms with Gasteiger partial charge in [0.15, 0.2) is 12.0 Å². The zero-order valence-corrected chi connectivity index (χ0v) is 17.9. The second kappa shape index (κ2) is 11.7. The van der Waals surface area contributed by atoms with Crippen LogP contribution in [0, 0.1) is 18.6 Å². The number of nitrogens with two attached hydrogens (primary N) is 1. The molecule has 1 aromatic carbocycles. The highest BCUT2D eigenvalue weighted by atomic mass is 19.1. The van der Waals surface area contributed by atoms with Gasteiger partial charge in [-0.05, 0) is 26.0 Å². The number of methoxy groups -OCH3 is 1. The van der Waals surface area contributed by atoms with Gasteiger partial charge in [0, 0.05) is 37.0 Å². The monoisotopic (exact) mass is 454 g/mol. The first kappa shape index (κ1) is 25.4. The van der Waals surface area contributed by atoms with Gasteiger partial charge in [0.1, 0.15) is 17.2 Å². The summed E-state index contributed by atoms with van der Waals surface area (Å²) >= 11 is 0. The second-order valence-electron chi connectivity index (χ2n) is 7.29. The van der Waals surface area contributed by atoms with Crippen LogP contribution in [0.4, 0.5) is 8.78 Å². The van der Waals surface area contributed by atoms with Gasteiger partial charge < -0.3 is 35.9 Å². The lowest BCUT2D eigenvalue weighted by Crippen LogP contribution is -2.31. The van der Waals surface area contributed by atoms with Gasteiger partial charge in [-0.25, -0.2) is 8.78 Å². The lowest BCUT2D eigenvalue weighted by molar-refractivity contribution is -0.0518. The number of nitrogens with zero attached hydrogens (tertiary/aromatic N) is 1. The normalized spacial score (nSPS) is 15.3. The fourth-order valence-corrected chi connectivity index (χ4v) is 3.11. The zero-order chi connectivity index (χ0) is 23.8. The van der Waals surface area contributed by atoms with Crippen molar-refractivity contribution in [2.75, 3.05) is 20.2 Å². The fourth-order valence-electron chi connectivity index (χ4n) is 3.11. The number of benzene rings is 1. The second-order valence-corrected chi connectivity index (χ2v) is 7.29. The number of aliphatic hydroxyl groups is 2. The molecule has 1 amide bonds. The minimum absolute atomic E-state index is 0.0462. The van der Waals surface area contributed by atoms with Crippen LogP contribution in [-0.4, -0.2) is 53.2 Å². The average Bonchev–Trinajstić information content (AvgIpc) is 3.21. The largest absolute Gasteiger partial charge is 0.491 e. The third-order valence-corrected chi connectivity index (χ3v) is 4.86. The Balaban J connectivity index is 0.000000520. The minimum atomic E-state index is -1.70. The van der Waals surface area contributed by atoms with E-state index in [0.717, 1.165) is 31.8 Å². The average molecular weight is 454 g/mol. The van der Waals surface area contributed by atoms with Crippen LogP contribution in [0.1, 0.15) is 28.0 Å². The molecule has 1 aromatic heterocycles. The summed E-state index contributed by atoms with van der Waals surface area (Å²) in [7, 11) is 1.25. The fraction of sp³-hybridized carbons (Fsp3) is 0.429. The van der Waals surface area contributed by atoms with E-state index in [1.807, 2.05) is 0 Å².